The quantitative estimate of drug-likeness (QED) is 0.865. The molecule has 0 radical (unpaired) electrons. The van der Waals surface area contributed by atoms with Gasteiger partial charge in [-0.05, 0) is 32.2 Å². The Balaban J connectivity index is 1.85. The first-order valence-electron chi connectivity index (χ1n) is 7.42. The number of imidazole rings is 1. The molecular formula is C13H22N4O2S. The van der Waals surface area contributed by atoms with Gasteiger partial charge in [0.05, 0.1) is 6.20 Å². The summed E-state index contributed by atoms with van der Waals surface area (Å²) in [5.41, 5.74) is 0. The first-order chi connectivity index (χ1) is 9.63. The molecule has 3 heterocycles. The molecule has 2 aliphatic heterocycles. The van der Waals surface area contributed by atoms with Crippen molar-refractivity contribution in [3.63, 3.8) is 0 Å². The third-order valence-electron chi connectivity index (χ3n) is 4.34. The Hall–Kier alpha value is -0.920. The van der Waals surface area contributed by atoms with E-state index in [4.69, 9.17) is 0 Å². The van der Waals surface area contributed by atoms with E-state index in [0.717, 1.165) is 38.1 Å². The fraction of sp³-hybridized carbons (Fsp3) is 0.769. The maximum absolute atomic E-state index is 12.8. The highest BCUT2D eigenvalue weighted by molar-refractivity contribution is 7.89. The van der Waals surface area contributed by atoms with Crippen molar-refractivity contribution in [3.05, 3.63) is 12.0 Å². The van der Waals surface area contributed by atoms with E-state index in [-0.39, 0.29) is 11.1 Å². The fourth-order valence-electron chi connectivity index (χ4n) is 3.29. The Kier molecular flexibility index (Phi) is 3.83. The van der Waals surface area contributed by atoms with Gasteiger partial charge in [0.2, 0.25) is 0 Å². The SMILES string of the molecule is CCc1ncc(S(=O)(=O)N2CCCC2C2CCCN2)[nH]1. The molecule has 20 heavy (non-hydrogen) atoms. The predicted molar refractivity (Wildman–Crippen MR) is 75.9 cm³/mol. The predicted octanol–water partition coefficient (Wildman–Crippen LogP) is 0.877. The summed E-state index contributed by atoms with van der Waals surface area (Å²) in [7, 11) is -3.44. The highest BCUT2D eigenvalue weighted by Gasteiger charge is 2.40. The molecule has 2 N–H and O–H groups in total. The standard InChI is InChI=1S/C13H22N4O2S/c1-2-12-15-9-13(16-12)20(18,19)17-8-4-6-11(17)10-5-3-7-14-10/h9-11,14H,2-8H2,1H3,(H,15,16). The van der Waals surface area contributed by atoms with Crippen LogP contribution in [0.4, 0.5) is 0 Å². The molecule has 0 spiro atoms. The number of hydrogen-bond acceptors (Lipinski definition) is 4. The molecule has 2 unspecified atom stereocenters. The zero-order valence-electron chi connectivity index (χ0n) is 11.8. The van der Waals surface area contributed by atoms with Gasteiger partial charge in [0.1, 0.15) is 5.82 Å². The molecule has 112 valence electrons. The zero-order valence-corrected chi connectivity index (χ0v) is 12.6. The van der Waals surface area contributed by atoms with Gasteiger partial charge in [-0.25, -0.2) is 13.4 Å². The Morgan fingerprint density at radius 1 is 1.40 bits per heavy atom. The summed E-state index contributed by atoms with van der Waals surface area (Å²) in [5, 5.41) is 3.67. The van der Waals surface area contributed by atoms with Crippen LogP contribution in [-0.4, -0.2) is 47.9 Å². The van der Waals surface area contributed by atoms with E-state index in [1.165, 1.54) is 6.20 Å². The van der Waals surface area contributed by atoms with E-state index in [9.17, 15) is 8.42 Å². The van der Waals surface area contributed by atoms with Crippen molar-refractivity contribution in [2.24, 2.45) is 0 Å². The highest BCUT2D eigenvalue weighted by atomic mass is 32.2. The Morgan fingerprint density at radius 3 is 2.90 bits per heavy atom. The molecule has 2 fully saturated rings. The third-order valence-corrected chi connectivity index (χ3v) is 6.17. The summed E-state index contributed by atoms with van der Waals surface area (Å²) < 4.78 is 27.2. The van der Waals surface area contributed by atoms with Crippen molar-refractivity contribution in [2.45, 2.75) is 56.1 Å². The third kappa shape index (κ3) is 2.38. The molecule has 0 saturated carbocycles. The number of nitrogens with zero attached hydrogens (tertiary/aromatic N) is 2. The van der Waals surface area contributed by atoms with Gasteiger partial charge in [-0.2, -0.15) is 4.31 Å². The lowest BCUT2D eigenvalue weighted by Gasteiger charge is -2.28. The number of aryl methyl sites for hydroxylation is 1. The lowest BCUT2D eigenvalue weighted by Crippen LogP contribution is -2.46. The van der Waals surface area contributed by atoms with E-state index < -0.39 is 10.0 Å². The largest absolute Gasteiger partial charge is 0.332 e. The van der Waals surface area contributed by atoms with E-state index in [0.29, 0.717) is 19.0 Å². The summed E-state index contributed by atoms with van der Waals surface area (Å²) in [4.78, 5) is 7.05. The lowest BCUT2D eigenvalue weighted by molar-refractivity contribution is 0.321. The van der Waals surface area contributed by atoms with E-state index in [1.807, 2.05) is 6.92 Å². The minimum atomic E-state index is -3.44. The summed E-state index contributed by atoms with van der Waals surface area (Å²) in [6, 6.07) is 0.400. The number of aromatic amines is 1. The molecule has 2 atom stereocenters. The Morgan fingerprint density at radius 2 is 2.25 bits per heavy atom. The number of hydrogen-bond donors (Lipinski definition) is 2. The summed E-state index contributed by atoms with van der Waals surface area (Å²) in [6.07, 6.45) is 6.26. The van der Waals surface area contributed by atoms with Gasteiger partial charge in [0.15, 0.2) is 5.03 Å². The Bertz CT molecular complexity index is 563. The van der Waals surface area contributed by atoms with Gasteiger partial charge < -0.3 is 10.3 Å². The number of nitrogens with one attached hydrogen (secondary N) is 2. The molecule has 0 aliphatic carbocycles. The van der Waals surface area contributed by atoms with Crippen LogP contribution in [-0.2, 0) is 16.4 Å². The van der Waals surface area contributed by atoms with Crippen molar-refractivity contribution >= 4 is 10.0 Å². The molecule has 0 bridgehead atoms. The first kappa shape index (κ1) is 14.0. The van der Waals surface area contributed by atoms with Crippen LogP contribution in [0.5, 0.6) is 0 Å². The van der Waals surface area contributed by atoms with Crippen molar-refractivity contribution in [3.8, 4) is 0 Å². The first-order valence-corrected chi connectivity index (χ1v) is 8.86. The van der Waals surface area contributed by atoms with Crippen LogP contribution in [0.3, 0.4) is 0 Å². The summed E-state index contributed by atoms with van der Waals surface area (Å²) >= 11 is 0. The van der Waals surface area contributed by atoms with Crippen LogP contribution in [0.25, 0.3) is 0 Å². The molecule has 0 aromatic carbocycles. The number of sulfonamides is 1. The fourth-order valence-corrected chi connectivity index (χ4v) is 4.95. The van der Waals surface area contributed by atoms with Crippen molar-refractivity contribution in [1.82, 2.24) is 19.6 Å². The topological polar surface area (TPSA) is 78.1 Å². The van der Waals surface area contributed by atoms with E-state index in [2.05, 4.69) is 15.3 Å². The molecule has 1 aromatic rings. The summed E-state index contributed by atoms with van der Waals surface area (Å²) in [6.45, 7) is 3.57. The summed E-state index contributed by atoms with van der Waals surface area (Å²) in [5.74, 6) is 0.721. The molecule has 6 nitrogen and oxygen atoms in total. The average Bonchev–Trinajstić information content (AvgIpc) is 3.17. The van der Waals surface area contributed by atoms with Crippen LogP contribution in [0.1, 0.15) is 38.4 Å². The second kappa shape index (κ2) is 5.46. The second-order valence-corrected chi connectivity index (χ2v) is 7.43. The average molecular weight is 298 g/mol. The zero-order chi connectivity index (χ0) is 14.2. The normalized spacial score (nSPS) is 28.2. The maximum Gasteiger partial charge on any atom is 0.260 e. The monoisotopic (exact) mass is 298 g/mol. The van der Waals surface area contributed by atoms with Crippen LogP contribution in [0.2, 0.25) is 0 Å². The van der Waals surface area contributed by atoms with Gasteiger partial charge >= 0.3 is 0 Å². The number of H-pyrrole nitrogens is 1. The van der Waals surface area contributed by atoms with Crippen LogP contribution in [0.15, 0.2) is 11.2 Å². The highest BCUT2D eigenvalue weighted by Crippen LogP contribution is 2.29. The van der Waals surface area contributed by atoms with E-state index >= 15 is 0 Å². The lowest BCUT2D eigenvalue weighted by atomic mass is 10.1. The van der Waals surface area contributed by atoms with Gasteiger partial charge in [0.25, 0.3) is 10.0 Å². The van der Waals surface area contributed by atoms with Gasteiger partial charge in [-0.15, -0.1) is 0 Å². The number of aromatic nitrogens is 2. The molecular weight excluding hydrogens is 276 g/mol. The molecule has 1 aromatic heterocycles. The Labute approximate surface area is 120 Å². The molecule has 3 rings (SSSR count). The van der Waals surface area contributed by atoms with Gasteiger partial charge in [-0.1, -0.05) is 6.92 Å². The van der Waals surface area contributed by atoms with Crippen molar-refractivity contribution < 1.29 is 8.42 Å². The molecule has 2 aliphatic rings. The van der Waals surface area contributed by atoms with Crippen LogP contribution < -0.4 is 5.32 Å². The van der Waals surface area contributed by atoms with Crippen molar-refractivity contribution in [2.75, 3.05) is 13.1 Å². The molecule has 2 saturated heterocycles. The molecule has 0 amide bonds. The van der Waals surface area contributed by atoms with Gasteiger partial charge in [0, 0.05) is 25.0 Å². The smallest absolute Gasteiger partial charge is 0.260 e. The second-order valence-electron chi connectivity index (χ2n) is 5.58. The van der Waals surface area contributed by atoms with E-state index in [1.54, 1.807) is 4.31 Å². The van der Waals surface area contributed by atoms with Crippen LogP contribution in [0, 0.1) is 0 Å². The van der Waals surface area contributed by atoms with Crippen LogP contribution >= 0.6 is 0 Å². The molecule has 7 heteroatoms. The number of rotatable bonds is 4. The van der Waals surface area contributed by atoms with Gasteiger partial charge in [-0.3, -0.25) is 0 Å². The maximum atomic E-state index is 12.8. The minimum Gasteiger partial charge on any atom is -0.332 e. The van der Waals surface area contributed by atoms with Crippen molar-refractivity contribution in [1.29, 1.82) is 0 Å². The minimum absolute atomic E-state index is 0.0934.